The fourth-order valence-electron chi connectivity index (χ4n) is 6.09. The predicted octanol–water partition coefficient (Wildman–Crippen LogP) is 3.99. The van der Waals surface area contributed by atoms with Crippen LogP contribution >= 0.6 is 0 Å². The van der Waals surface area contributed by atoms with Crippen molar-refractivity contribution < 1.29 is 43.1 Å². The van der Waals surface area contributed by atoms with Crippen molar-refractivity contribution >= 4 is 11.7 Å². The van der Waals surface area contributed by atoms with E-state index in [1.165, 1.54) is 20.1 Å². The van der Waals surface area contributed by atoms with Gasteiger partial charge < -0.3 is 38.8 Å². The monoisotopic (exact) mass is 605 g/mol. The molecule has 3 aliphatic heterocycles. The molecule has 3 aliphatic rings. The molecule has 3 rings (SSSR count). The highest BCUT2D eigenvalue weighted by atomic mass is 16.7. The summed E-state index contributed by atoms with van der Waals surface area (Å²) in [6.45, 7) is 15.7. The number of methoxy groups -OCH3 is 2. The lowest BCUT2D eigenvalue weighted by Gasteiger charge is -2.54. The van der Waals surface area contributed by atoms with Gasteiger partial charge in [-0.05, 0) is 38.7 Å². The Morgan fingerprint density at radius 1 is 1.16 bits per heavy atom. The summed E-state index contributed by atoms with van der Waals surface area (Å²) in [4.78, 5) is 24.4. The Morgan fingerprint density at radius 3 is 2.51 bits per heavy atom. The van der Waals surface area contributed by atoms with E-state index in [4.69, 9.17) is 28.4 Å². The van der Waals surface area contributed by atoms with Crippen LogP contribution in [0.2, 0.25) is 0 Å². The molecule has 242 valence electrons. The molecule has 10 heteroatoms. The summed E-state index contributed by atoms with van der Waals surface area (Å²) in [6, 6.07) is 0. The molecule has 43 heavy (non-hydrogen) atoms. The minimum Gasteiger partial charge on any atom is -0.378 e. The minimum atomic E-state index is -1.64. The van der Waals surface area contributed by atoms with Crippen LogP contribution in [0.3, 0.4) is 0 Å². The first-order valence-corrected chi connectivity index (χ1v) is 15.1. The van der Waals surface area contributed by atoms with E-state index in [2.05, 4.69) is 44.8 Å². The number of hydrogen-bond acceptors (Lipinski definition) is 9. The minimum absolute atomic E-state index is 0.0139. The van der Waals surface area contributed by atoms with Crippen LogP contribution in [0.5, 0.6) is 0 Å². The van der Waals surface area contributed by atoms with Crippen LogP contribution in [0.4, 0.5) is 0 Å². The van der Waals surface area contributed by atoms with Crippen LogP contribution in [0.25, 0.3) is 0 Å². The van der Waals surface area contributed by atoms with Crippen LogP contribution in [0.1, 0.15) is 60.8 Å². The molecule has 3 fully saturated rings. The zero-order valence-electron chi connectivity index (χ0n) is 26.9. The van der Waals surface area contributed by atoms with Crippen LogP contribution in [0, 0.1) is 17.3 Å². The standard InChI is InChI=1S/C33H51NO9/c1-20(15-13-11-10-12-14-16-22(3)35)17-25-32(6,7)29(38-8)26-27(42-25)31(41-19-40-26)34-30(37)28(36)33(39-9)18-21(2)23(4)24(5)43-33/h10,12-16,20,23-29,31,36H,2,11,17-19H2,1,3-9H3,(H,34,37)/b12-10+,15-13+,16-14+/t20-,23-,24-,25?,26?,27?,28?,29?,31?,33?/m1/s1. The zero-order chi connectivity index (χ0) is 31.9. The van der Waals surface area contributed by atoms with E-state index in [-0.39, 0.29) is 49.1 Å². The van der Waals surface area contributed by atoms with Crippen LogP contribution in [-0.4, -0.2) is 86.4 Å². The summed E-state index contributed by atoms with van der Waals surface area (Å²) in [7, 11) is 3.06. The maximum Gasteiger partial charge on any atom is 0.256 e. The van der Waals surface area contributed by atoms with Crippen molar-refractivity contribution in [1.82, 2.24) is 5.32 Å². The Hall–Kier alpha value is -2.18. The number of allylic oxidation sites excluding steroid dienone is 6. The summed E-state index contributed by atoms with van der Waals surface area (Å²) in [5.41, 5.74) is 0.423. The molecule has 3 saturated heterocycles. The van der Waals surface area contributed by atoms with Gasteiger partial charge in [0.25, 0.3) is 5.91 Å². The summed E-state index contributed by atoms with van der Waals surface area (Å²) in [5, 5.41) is 14.0. The molecule has 0 aliphatic carbocycles. The third-order valence-electron chi connectivity index (χ3n) is 8.97. The van der Waals surface area contributed by atoms with Crippen molar-refractivity contribution in [1.29, 1.82) is 0 Å². The summed E-state index contributed by atoms with van der Waals surface area (Å²) >= 11 is 0. The molecule has 0 saturated carbocycles. The number of aliphatic hydroxyl groups excluding tert-OH is 1. The fourth-order valence-corrected chi connectivity index (χ4v) is 6.09. The summed E-state index contributed by atoms with van der Waals surface area (Å²) < 4.78 is 36.1. The normalized spacial score (nSPS) is 36.1. The molecule has 0 spiro atoms. The van der Waals surface area contributed by atoms with Gasteiger partial charge in [-0.15, -0.1) is 0 Å². The fraction of sp³-hybridized carbons (Fsp3) is 0.697. The molecule has 0 bridgehead atoms. The molecule has 1 amide bonds. The van der Waals surface area contributed by atoms with Gasteiger partial charge in [-0.3, -0.25) is 9.59 Å². The first-order chi connectivity index (χ1) is 20.3. The van der Waals surface area contributed by atoms with E-state index in [0.717, 1.165) is 12.0 Å². The lowest BCUT2D eigenvalue weighted by Crippen LogP contribution is -2.69. The van der Waals surface area contributed by atoms with Gasteiger partial charge in [0, 0.05) is 32.0 Å². The Bertz CT molecular complexity index is 1070. The molecular weight excluding hydrogens is 554 g/mol. The first kappa shape index (κ1) is 35.3. The summed E-state index contributed by atoms with van der Waals surface area (Å²) in [6.07, 6.45) is 8.33. The number of aliphatic hydroxyl groups is 1. The van der Waals surface area contributed by atoms with Crippen molar-refractivity contribution in [2.24, 2.45) is 17.3 Å². The zero-order valence-corrected chi connectivity index (χ0v) is 26.9. The maximum atomic E-state index is 13.4. The quantitative estimate of drug-likeness (QED) is 0.193. The summed E-state index contributed by atoms with van der Waals surface area (Å²) in [5.74, 6) is -2.01. The molecule has 10 atom stereocenters. The van der Waals surface area contributed by atoms with Gasteiger partial charge in [0.1, 0.15) is 19.0 Å². The van der Waals surface area contributed by atoms with Gasteiger partial charge in [-0.2, -0.15) is 0 Å². The second kappa shape index (κ2) is 15.2. The van der Waals surface area contributed by atoms with Crippen LogP contribution in [0.15, 0.2) is 48.6 Å². The number of carbonyl (C=O) groups excluding carboxylic acids is 2. The van der Waals surface area contributed by atoms with Gasteiger partial charge in [-0.25, -0.2) is 0 Å². The molecule has 0 aromatic heterocycles. The average molecular weight is 606 g/mol. The number of ketones is 1. The Labute approximate surface area is 256 Å². The number of nitrogens with one attached hydrogen (secondary N) is 1. The SMILES string of the molecule is C=C1CC(OC)(C(O)C(=O)NC2OCOC3C2OC(C[C@H](C)/C=C/C/C=C/C=C/C(C)=O)C(C)(C)C3OC)O[C@H](C)[C@@H]1C. The largest absolute Gasteiger partial charge is 0.378 e. The number of carbonyl (C=O) groups is 2. The lowest BCUT2D eigenvalue weighted by molar-refractivity contribution is -0.332. The number of rotatable bonds is 12. The highest BCUT2D eigenvalue weighted by Gasteiger charge is 2.57. The number of hydrogen-bond donors (Lipinski definition) is 2. The lowest BCUT2D eigenvalue weighted by atomic mass is 9.71. The topological polar surface area (TPSA) is 122 Å². The van der Waals surface area contributed by atoms with Crippen molar-refractivity contribution in [3.8, 4) is 0 Å². The molecule has 2 N–H and O–H groups in total. The molecule has 10 nitrogen and oxygen atoms in total. The second-order valence-electron chi connectivity index (χ2n) is 12.6. The van der Waals surface area contributed by atoms with Crippen LogP contribution in [-0.2, 0) is 38.0 Å². The molecule has 0 aromatic rings. The van der Waals surface area contributed by atoms with Gasteiger partial charge in [0.2, 0.25) is 5.79 Å². The van der Waals surface area contributed by atoms with E-state index < -0.39 is 41.6 Å². The predicted molar refractivity (Wildman–Crippen MR) is 162 cm³/mol. The van der Waals surface area contributed by atoms with Gasteiger partial charge in [0.05, 0.1) is 18.3 Å². The third-order valence-corrected chi connectivity index (χ3v) is 8.97. The van der Waals surface area contributed by atoms with Crippen molar-refractivity contribution in [2.75, 3.05) is 21.0 Å². The number of amides is 1. The van der Waals surface area contributed by atoms with E-state index in [1.54, 1.807) is 13.2 Å². The van der Waals surface area contributed by atoms with Crippen molar-refractivity contribution in [3.63, 3.8) is 0 Å². The smallest absolute Gasteiger partial charge is 0.256 e. The van der Waals surface area contributed by atoms with E-state index in [0.29, 0.717) is 6.42 Å². The Morgan fingerprint density at radius 2 is 1.88 bits per heavy atom. The molecule has 7 unspecified atom stereocenters. The molecule has 0 radical (unpaired) electrons. The van der Waals surface area contributed by atoms with Gasteiger partial charge in [-0.1, -0.05) is 70.2 Å². The number of fused-ring (bicyclic) bond motifs is 1. The Kier molecular flexibility index (Phi) is 12.5. The molecule has 0 aromatic carbocycles. The highest BCUT2D eigenvalue weighted by molar-refractivity contribution is 5.87. The van der Waals surface area contributed by atoms with Gasteiger partial charge >= 0.3 is 0 Å². The van der Waals surface area contributed by atoms with E-state index in [9.17, 15) is 14.7 Å². The van der Waals surface area contributed by atoms with Crippen molar-refractivity contribution in [2.45, 2.75) is 109 Å². The first-order valence-electron chi connectivity index (χ1n) is 15.1. The number of ether oxygens (including phenoxy) is 6. The van der Waals surface area contributed by atoms with E-state index >= 15 is 0 Å². The van der Waals surface area contributed by atoms with Crippen molar-refractivity contribution in [3.05, 3.63) is 48.6 Å². The Balaban J connectivity index is 1.71. The van der Waals surface area contributed by atoms with Gasteiger partial charge in [0.15, 0.2) is 18.1 Å². The molecule has 3 heterocycles. The average Bonchev–Trinajstić information content (AvgIpc) is 2.95. The molecular formula is C33H51NO9. The maximum absolute atomic E-state index is 13.4. The third kappa shape index (κ3) is 8.30. The second-order valence-corrected chi connectivity index (χ2v) is 12.6. The highest BCUT2D eigenvalue weighted by Crippen LogP contribution is 2.44. The van der Waals surface area contributed by atoms with E-state index in [1.807, 2.05) is 26.0 Å². The van der Waals surface area contributed by atoms with Crippen LogP contribution < -0.4 is 5.32 Å².